The summed E-state index contributed by atoms with van der Waals surface area (Å²) in [5.74, 6) is 0. The van der Waals surface area contributed by atoms with Gasteiger partial charge in [0.1, 0.15) is 22.3 Å². The van der Waals surface area contributed by atoms with Crippen LogP contribution >= 0.6 is 16.3 Å². The zero-order chi connectivity index (χ0) is 62.7. The van der Waals surface area contributed by atoms with Crippen molar-refractivity contribution in [2.75, 3.05) is 9.34 Å². The van der Waals surface area contributed by atoms with E-state index in [1.165, 1.54) is 87.6 Å². The molecule has 0 amide bonds. The summed E-state index contributed by atoms with van der Waals surface area (Å²) in [6.07, 6.45) is 0. The summed E-state index contributed by atoms with van der Waals surface area (Å²) in [7, 11) is -3.23. The molecule has 0 aliphatic carbocycles. The second kappa shape index (κ2) is 25.4. The van der Waals surface area contributed by atoms with E-state index < -0.39 is 16.3 Å². The Labute approximate surface area is 544 Å². The molecular formula is C84H74N2O5P2. The summed E-state index contributed by atoms with van der Waals surface area (Å²) in [5, 5.41) is 18.6. The molecule has 2 N–H and O–H groups in total. The maximum atomic E-state index is 7.18. The fraction of sp³-hybridized carbons (Fsp3) is 0.143. The number of aryl methyl sites for hydroxylation is 4. The Bertz CT molecular complexity index is 5020. The minimum atomic E-state index is -1.61. The minimum absolute atomic E-state index is 0. The van der Waals surface area contributed by atoms with Gasteiger partial charge in [-0.15, -0.1) is 0 Å². The number of hydrogen-bond donors (Lipinski definition) is 0. The second-order valence-electron chi connectivity index (χ2n) is 25.2. The molecule has 16 aromatic rings. The first kappa shape index (κ1) is 60.9. The molecule has 2 atom stereocenters. The Kier molecular flexibility index (Phi) is 16.6. The molecule has 2 heterocycles. The van der Waals surface area contributed by atoms with Gasteiger partial charge < -0.3 is 22.3 Å². The molecule has 14 aromatic carbocycles. The Hall–Kier alpha value is -9.68. The van der Waals surface area contributed by atoms with Crippen LogP contribution in [0.2, 0.25) is 0 Å². The van der Waals surface area contributed by atoms with E-state index in [9.17, 15) is 0 Å². The minimum Gasteiger partial charge on any atom is -0.412 e. The molecule has 93 heavy (non-hydrogen) atoms. The van der Waals surface area contributed by atoms with Crippen molar-refractivity contribution < 1.29 is 22.3 Å². The normalized spacial score (nSPS) is 12.5. The van der Waals surface area contributed by atoms with Gasteiger partial charge in [-0.2, -0.15) is 9.34 Å². The molecule has 16 rings (SSSR count). The van der Waals surface area contributed by atoms with E-state index in [4.69, 9.17) is 16.8 Å². The summed E-state index contributed by atoms with van der Waals surface area (Å²) in [6.45, 7) is 17.7. The molecule has 7 nitrogen and oxygen atoms in total. The number of benzene rings is 14. The lowest BCUT2D eigenvalue weighted by Crippen LogP contribution is -2.33. The average Bonchev–Trinajstić information content (AvgIpc) is 1.71. The standard InChI is InChI=1S/2C42H36NO2P.H2O/c2*1-27(2)43(42(33-25-28(3)24-29(4)26-33)37-19-11-15-30-12-5-8-16-34(30)37)46-44-38-22-20-31-13-6-9-17-35(31)40(38)41-36-18-10-7-14-32(36)21-23-39(41)45-46;/h2*5-27,42H,1-4H3;1H2/t2*42-;/m11./s1. The predicted octanol–water partition coefficient (Wildman–Crippen LogP) is 24.2. The highest BCUT2D eigenvalue weighted by Crippen LogP contribution is 2.51. The van der Waals surface area contributed by atoms with Crippen molar-refractivity contribution in [1.29, 1.82) is 0 Å². The van der Waals surface area contributed by atoms with Crippen molar-refractivity contribution in [1.82, 2.24) is 0 Å². The van der Waals surface area contributed by atoms with Gasteiger partial charge in [-0.05, 0) is 167 Å². The van der Waals surface area contributed by atoms with E-state index in [0.717, 1.165) is 65.4 Å². The Morgan fingerprint density at radius 1 is 0.269 bits per heavy atom. The third-order valence-electron chi connectivity index (χ3n) is 18.1. The zero-order valence-corrected chi connectivity index (χ0v) is 55.4. The van der Waals surface area contributed by atoms with Gasteiger partial charge in [0.15, 0.2) is 0 Å². The Morgan fingerprint density at radius 2 is 0.505 bits per heavy atom. The quantitative estimate of drug-likeness (QED) is 0.135. The average molecular weight is 1250 g/mol. The topological polar surface area (TPSA) is 90.5 Å². The highest BCUT2D eigenvalue weighted by atomic mass is 31.1. The number of hydrogen-bond acceptors (Lipinski definition) is 6. The molecule has 460 valence electrons. The summed E-state index contributed by atoms with van der Waals surface area (Å²) in [4.78, 5) is 0. The van der Waals surface area contributed by atoms with E-state index in [-0.39, 0.29) is 29.6 Å². The molecule has 0 spiro atoms. The first-order chi connectivity index (χ1) is 44.9. The van der Waals surface area contributed by atoms with Crippen molar-refractivity contribution in [3.63, 3.8) is 0 Å². The maximum absolute atomic E-state index is 7.18. The molecule has 2 aromatic heterocycles. The number of rotatable bonds is 10. The maximum Gasteiger partial charge on any atom is 0.310 e. The third-order valence-corrected chi connectivity index (χ3v) is 21.6. The van der Waals surface area contributed by atoms with Crippen LogP contribution in [0.25, 0.3) is 109 Å². The van der Waals surface area contributed by atoms with Crippen molar-refractivity contribution in [2.24, 2.45) is 0 Å². The van der Waals surface area contributed by atoms with Gasteiger partial charge in [-0.3, -0.25) is 0 Å². The van der Waals surface area contributed by atoms with Crippen LogP contribution < -0.4 is 9.34 Å². The van der Waals surface area contributed by atoms with Gasteiger partial charge in [0, 0.05) is 33.6 Å². The van der Waals surface area contributed by atoms with Gasteiger partial charge in [-0.25, -0.2) is 0 Å². The van der Waals surface area contributed by atoms with E-state index in [2.05, 4.69) is 332 Å². The predicted molar refractivity (Wildman–Crippen MR) is 396 cm³/mol. The number of nitrogens with zero attached hydrogens (tertiary/aromatic N) is 2. The van der Waals surface area contributed by atoms with Gasteiger partial charge in [0.25, 0.3) is 0 Å². The van der Waals surface area contributed by atoms with E-state index in [0.29, 0.717) is 0 Å². The summed E-state index contributed by atoms with van der Waals surface area (Å²) in [6, 6.07) is 96.0. The molecular weight excluding hydrogens is 1180 g/mol. The van der Waals surface area contributed by atoms with Crippen LogP contribution in [0.15, 0.2) is 284 Å². The Balaban J connectivity index is 0.000000159. The van der Waals surface area contributed by atoms with E-state index >= 15 is 0 Å². The van der Waals surface area contributed by atoms with Crippen LogP contribution in [0.1, 0.15) is 84.3 Å². The van der Waals surface area contributed by atoms with Gasteiger partial charge >= 0.3 is 16.3 Å². The summed E-state index contributed by atoms with van der Waals surface area (Å²) < 4.78 is 33.7. The molecule has 0 aliphatic heterocycles. The zero-order valence-electron chi connectivity index (χ0n) is 53.6. The molecule has 0 saturated carbocycles. The van der Waals surface area contributed by atoms with Crippen LogP contribution in [-0.2, 0) is 0 Å². The monoisotopic (exact) mass is 1250 g/mol. The lowest BCUT2D eigenvalue weighted by Gasteiger charge is -2.33. The second-order valence-corrected chi connectivity index (χ2v) is 27.8. The molecule has 0 saturated heterocycles. The van der Waals surface area contributed by atoms with Gasteiger partial charge in [-0.1, -0.05) is 265 Å². The molecule has 0 bridgehead atoms. The molecule has 9 heteroatoms. The van der Waals surface area contributed by atoms with Crippen LogP contribution in [0.4, 0.5) is 0 Å². The Morgan fingerprint density at radius 3 is 0.774 bits per heavy atom. The van der Waals surface area contributed by atoms with E-state index in [1.807, 2.05) is 0 Å². The van der Waals surface area contributed by atoms with Crippen molar-refractivity contribution >= 4 is 125 Å². The first-order valence-electron chi connectivity index (χ1n) is 32.0. The SMILES string of the molecule is Cc1cc(C)cc([C@H](c2cccc3ccccc23)N(C(C)C)p2oc3ccc4ccccc4c3c3c(ccc4ccccc43)o2)c1.Cc1cc(C)cc([C@H](c2cccc3ccccc23)N(C(C)C)p2oc3ccc4ccccc4c3c3c(ccc4ccccc43)o2)c1.O. The summed E-state index contributed by atoms with van der Waals surface area (Å²) >= 11 is 0. The number of fused-ring (bicyclic) bond motifs is 16. The molecule has 0 radical (unpaired) electrons. The van der Waals surface area contributed by atoms with Crippen molar-refractivity contribution in [3.8, 4) is 0 Å². The van der Waals surface area contributed by atoms with Crippen LogP contribution in [0.5, 0.6) is 0 Å². The third kappa shape index (κ3) is 11.3. The van der Waals surface area contributed by atoms with Crippen LogP contribution in [0, 0.1) is 27.7 Å². The van der Waals surface area contributed by atoms with Crippen molar-refractivity contribution in [3.05, 3.63) is 311 Å². The molecule has 0 unspecified atom stereocenters. The smallest absolute Gasteiger partial charge is 0.310 e. The van der Waals surface area contributed by atoms with Gasteiger partial charge in [0.05, 0.1) is 12.1 Å². The van der Waals surface area contributed by atoms with Gasteiger partial charge in [0.2, 0.25) is 0 Å². The molecule has 0 fully saturated rings. The summed E-state index contributed by atoms with van der Waals surface area (Å²) in [5.41, 5.74) is 13.3. The fourth-order valence-electron chi connectivity index (χ4n) is 14.3. The first-order valence-corrected chi connectivity index (χ1v) is 34.3. The highest BCUT2D eigenvalue weighted by Gasteiger charge is 2.34. The largest absolute Gasteiger partial charge is 0.412 e. The van der Waals surface area contributed by atoms with Crippen molar-refractivity contribution in [2.45, 2.75) is 79.6 Å². The van der Waals surface area contributed by atoms with Crippen LogP contribution in [0.3, 0.4) is 0 Å². The lowest BCUT2D eigenvalue weighted by atomic mass is 9.91. The van der Waals surface area contributed by atoms with E-state index in [1.54, 1.807) is 0 Å². The fourth-order valence-corrected chi connectivity index (χ4v) is 17.7. The van der Waals surface area contributed by atoms with Crippen LogP contribution in [-0.4, -0.2) is 17.6 Å². The lowest BCUT2D eigenvalue weighted by molar-refractivity contribution is 0.576. The highest BCUT2D eigenvalue weighted by molar-refractivity contribution is 7.39. The molecule has 0 aliphatic rings.